The number of amides is 1. The highest BCUT2D eigenvalue weighted by atomic mass is 35.5. The lowest BCUT2D eigenvalue weighted by Gasteiger charge is -2.01. The van der Waals surface area contributed by atoms with E-state index in [9.17, 15) is 4.79 Å². The van der Waals surface area contributed by atoms with E-state index in [1.54, 1.807) is 0 Å². The van der Waals surface area contributed by atoms with Gasteiger partial charge in [0.2, 0.25) is 0 Å². The molecule has 1 N–H and O–H groups in total. The van der Waals surface area contributed by atoms with Crippen LogP contribution >= 0.6 is 34.3 Å². The van der Waals surface area contributed by atoms with Crippen LogP contribution in [0.1, 0.15) is 15.2 Å². The van der Waals surface area contributed by atoms with Crippen LogP contribution in [0.25, 0.3) is 32.1 Å². The van der Waals surface area contributed by atoms with Crippen LogP contribution in [0.3, 0.4) is 0 Å². The van der Waals surface area contributed by atoms with Crippen molar-refractivity contribution in [1.29, 1.82) is 0 Å². The van der Waals surface area contributed by atoms with E-state index in [-0.39, 0.29) is 5.91 Å². The van der Waals surface area contributed by atoms with Crippen LogP contribution in [0.5, 0.6) is 0 Å². The molecule has 0 spiro atoms. The summed E-state index contributed by atoms with van der Waals surface area (Å²) in [6, 6.07) is 20.5. The minimum absolute atomic E-state index is 0.228. The topological polar surface area (TPSA) is 42.0 Å². The lowest BCUT2D eigenvalue weighted by molar-refractivity contribution is 0.103. The Morgan fingerprint density at radius 1 is 1.03 bits per heavy atom. The van der Waals surface area contributed by atoms with Crippen molar-refractivity contribution in [3.05, 3.63) is 81.5 Å². The minimum Gasteiger partial charge on any atom is -0.297 e. The second kappa shape index (κ2) is 7.26. The number of hydrogen-bond acceptors (Lipinski definition) is 4. The number of aromatic nitrogens is 1. The van der Waals surface area contributed by atoms with Gasteiger partial charge in [-0.2, -0.15) is 0 Å². The molecule has 0 bridgehead atoms. The van der Waals surface area contributed by atoms with E-state index in [1.165, 1.54) is 28.1 Å². The third-order valence-corrected chi connectivity index (χ3v) is 7.17. The van der Waals surface area contributed by atoms with Crippen molar-refractivity contribution >= 4 is 66.2 Å². The normalized spacial score (nSPS) is 11.2. The molecule has 5 rings (SSSR count). The number of aryl methyl sites for hydroxylation is 1. The summed E-state index contributed by atoms with van der Waals surface area (Å²) in [5.74, 6) is -0.228. The third-order valence-electron chi connectivity index (χ3n) is 4.76. The maximum Gasteiger partial charge on any atom is 0.269 e. The number of thiophene rings is 1. The van der Waals surface area contributed by atoms with Crippen LogP contribution in [-0.4, -0.2) is 10.9 Å². The van der Waals surface area contributed by atoms with Crippen molar-refractivity contribution < 1.29 is 4.79 Å². The SMILES string of the molecule is Cc1ccc2c(Cl)c(C(=O)Nc3nc(-c4ccc5ccccc5c4)cs3)sc2c1. The van der Waals surface area contributed by atoms with Crippen LogP contribution in [-0.2, 0) is 0 Å². The van der Waals surface area contributed by atoms with E-state index in [2.05, 4.69) is 34.6 Å². The van der Waals surface area contributed by atoms with Gasteiger partial charge in [-0.05, 0) is 35.4 Å². The average Bonchev–Trinajstić information content (AvgIpc) is 3.32. The van der Waals surface area contributed by atoms with E-state index < -0.39 is 0 Å². The van der Waals surface area contributed by atoms with Crippen LogP contribution in [0.4, 0.5) is 5.13 Å². The lowest BCUT2D eigenvalue weighted by atomic mass is 10.1. The summed E-state index contributed by atoms with van der Waals surface area (Å²) in [7, 11) is 0. The fourth-order valence-corrected chi connectivity index (χ4v) is 5.51. The molecule has 0 aliphatic rings. The molecule has 2 aromatic heterocycles. The van der Waals surface area contributed by atoms with Gasteiger partial charge in [0.15, 0.2) is 5.13 Å². The van der Waals surface area contributed by atoms with Crippen molar-refractivity contribution in [1.82, 2.24) is 4.98 Å². The molecule has 0 saturated heterocycles. The first kappa shape index (κ1) is 18.3. The molecule has 0 radical (unpaired) electrons. The van der Waals surface area contributed by atoms with E-state index in [1.807, 2.05) is 48.7 Å². The van der Waals surface area contributed by atoms with Crippen molar-refractivity contribution in [3.8, 4) is 11.3 Å². The summed E-state index contributed by atoms with van der Waals surface area (Å²) in [4.78, 5) is 17.9. The first-order valence-corrected chi connectivity index (χ1v) is 11.1. The van der Waals surface area contributed by atoms with E-state index in [0.29, 0.717) is 15.0 Å². The zero-order valence-electron chi connectivity index (χ0n) is 15.4. The smallest absolute Gasteiger partial charge is 0.269 e. The number of halogens is 1. The highest BCUT2D eigenvalue weighted by Crippen LogP contribution is 2.36. The Hall–Kier alpha value is -2.73. The van der Waals surface area contributed by atoms with Gasteiger partial charge in [0.05, 0.1) is 10.7 Å². The van der Waals surface area contributed by atoms with E-state index >= 15 is 0 Å². The molecule has 0 unspecified atom stereocenters. The summed E-state index contributed by atoms with van der Waals surface area (Å²) in [5.41, 5.74) is 3.01. The molecule has 2 heterocycles. The number of rotatable bonds is 3. The van der Waals surface area contributed by atoms with E-state index in [4.69, 9.17) is 11.6 Å². The number of benzene rings is 3. The highest BCUT2D eigenvalue weighted by molar-refractivity contribution is 7.22. The van der Waals surface area contributed by atoms with Gasteiger partial charge in [0.25, 0.3) is 5.91 Å². The molecule has 3 nitrogen and oxygen atoms in total. The van der Waals surface area contributed by atoms with Gasteiger partial charge in [-0.25, -0.2) is 4.98 Å². The molecular weight excluding hydrogens is 420 g/mol. The Kier molecular flexibility index (Phi) is 4.59. The number of hydrogen-bond donors (Lipinski definition) is 1. The van der Waals surface area contributed by atoms with Gasteiger partial charge < -0.3 is 0 Å². The molecule has 0 aliphatic heterocycles. The molecule has 1 amide bonds. The summed E-state index contributed by atoms with van der Waals surface area (Å²) in [5, 5.41) is 9.16. The molecule has 0 atom stereocenters. The molecule has 0 fully saturated rings. The summed E-state index contributed by atoms with van der Waals surface area (Å²) in [6.45, 7) is 2.02. The average molecular weight is 435 g/mol. The molecule has 6 heteroatoms. The van der Waals surface area contributed by atoms with Crippen LogP contribution < -0.4 is 5.32 Å². The molecule has 0 aliphatic carbocycles. The zero-order valence-corrected chi connectivity index (χ0v) is 17.8. The number of anilines is 1. The predicted octanol–water partition coefficient (Wildman–Crippen LogP) is 7.39. The van der Waals surface area contributed by atoms with Crippen molar-refractivity contribution in [3.63, 3.8) is 0 Å². The second-order valence-corrected chi connectivity index (χ2v) is 9.09. The Morgan fingerprint density at radius 3 is 2.72 bits per heavy atom. The fraction of sp³-hybridized carbons (Fsp3) is 0.0435. The summed E-state index contributed by atoms with van der Waals surface area (Å²) in [6.07, 6.45) is 0. The largest absolute Gasteiger partial charge is 0.297 e. The molecule has 0 saturated carbocycles. The Bertz CT molecular complexity index is 1390. The van der Waals surface area contributed by atoms with Crippen molar-refractivity contribution in [2.24, 2.45) is 0 Å². The summed E-state index contributed by atoms with van der Waals surface area (Å²) >= 11 is 9.27. The Labute approximate surface area is 180 Å². The van der Waals surface area contributed by atoms with Crippen molar-refractivity contribution in [2.45, 2.75) is 6.92 Å². The standard InChI is InChI=1S/C23H15ClN2OS2/c1-13-6-9-17-19(10-13)29-21(20(17)24)22(27)26-23-25-18(12-28-23)16-8-7-14-4-2-3-5-15(14)11-16/h2-12H,1H3,(H,25,26,27). The monoisotopic (exact) mass is 434 g/mol. The molecule has 5 aromatic rings. The van der Waals surface area contributed by atoms with Crippen LogP contribution in [0.15, 0.2) is 66.0 Å². The predicted molar refractivity (Wildman–Crippen MR) is 125 cm³/mol. The van der Waals surface area contributed by atoms with Gasteiger partial charge in [-0.15, -0.1) is 22.7 Å². The lowest BCUT2D eigenvalue weighted by Crippen LogP contribution is -2.10. The first-order chi connectivity index (χ1) is 14.1. The Morgan fingerprint density at radius 2 is 1.86 bits per heavy atom. The van der Waals surface area contributed by atoms with E-state index in [0.717, 1.165) is 32.3 Å². The third kappa shape index (κ3) is 3.42. The first-order valence-electron chi connectivity index (χ1n) is 9.03. The van der Waals surface area contributed by atoms with Gasteiger partial charge in [-0.1, -0.05) is 60.1 Å². The molecule has 142 valence electrons. The number of carbonyl (C=O) groups excluding carboxylic acids is 1. The molecule has 29 heavy (non-hydrogen) atoms. The van der Waals surface area contributed by atoms with Crippen LogP contribution in [0, 0.1) is 6.92 Å². The highest BCUT2D eigenvalue weighted by Gasteiger charge is 2.18. The fourth-order valence-electron chi connectivity index (χ4n) is 3.28. The number of nitrogens with one attached hydrogen (secondary N) is 1. The van der Waals surface area contributed by atoms with Gasteiger partial charge in [0, 0.05) is 21.0 Å². The molecular formula is C23H15ClN2OS2. The van der Waals surface area contributed by atoms with Crippen molar-refractivity contribution in [2.75, 3.05) is 5.32 Å². The maximum atomic E-state index is 12.8. The quantitative estimate of drug-likeness (QED) is 0.321. The number of nitrogens with zero attached hydrogens (tertiary/aromatic N) is 1. The van der Waals surface area contributed by atoms with Gasteiger partial charge in [0.1, 0.15) is 4.88 Å². The zero-order chi connectivity index (χ0) is 20.0. The minimum atomic E-state index is -0.228. The summed E-state index contributed by atoms with van der Waals surface area (Å²) < 4.78 is 1.01. The number of carbonyl (C=O) groups is 1. The van der Waals surface area contributed by atoms with Gasteiger partial charge in [-0.3, -0.25) is 10.1 Å². The number of fused-ring (bicyclic) bond motifs is 2. The van der Waals surface area contributed by atoms with Gasteiger partial charge >= 0.3 is 0 Å². The second-order valence-electron chi connectivity index (χ2n) is 6.80. The van der Waals surface area contributed by atoms with Crippen LogP contribution in [0.2, 0.25) is 5.02 Å². The number of thiazole rings is 1. The molecule has 3 aromatic carbocycles. The maximum absolute atomic E-state index is 12.8. The Balaban J connectivity index is 1.42.